The summed E-state index contributed by atoms with van der Waals surface area (Å²) < 4.78 is 6.49. The molecule has 0 radical (unpaired) electrons. The second-order valence-corrected chi connectivity index (χ2v) is 18.7. The van der Waals surface area contributed by atoms with Crippen LogP contribution in [0.3, 0.4) is 0 Å². The van der Waals surface area contributed by atoms with E-state index in [1.54, 1.807) is 0 Å². The summed E-state index contributed by atoms with van der Waals surface area (Å²) in [6.07, 6.45) is 0. The van der Waals surface area contributed by atoms with Crippen LogP contribution in [0, 0.1) is 0 Å². The number of benzene rings is 12. The zero-order valence-corrected chi connectivity index (χ0v) is 37.5. The normalized spacial score (nSPS) is 13.0. The molecule has 0 aliphatic heterocycles. The maximum Gasteiger partial charge on any atom is 0.143 e. The average molecular weight is 876 g/mol. The molecule has 0 saturated heterocycles. The molecule has 0 N–H and O–H groups in total. The fraction of sp³-hybridized carbons (Fsp3) is 0.0149. The maximum absolute atomic E-state index is 6.49. The predicted molar refractivity (Wildman–Crippen MR) is 288 cm³/mol. The number of hydrogen-bond donors (Lipinski definition) is 0. The minimum absolute atomic E-state index is 0.457. The Morgan fingerprint density at radius 1 is 0.261 bits per heavy atom. The van der Waals surface area contributed by atoms with Crippen molar-refractivity contribution in [3.8, 4) is 44.5 Å². The smallest absolute Gasteiger partial charge is 0.143 e. The monoisotopic (exact) mass is 875 g/mol. The highest BCUT2D eigenvalue weighted by molar-refractivity contribution is 6.26. The molecule has 69 heavy (non-hydrogen) atoms. The molecular formula is C67H41NO. The van der Waals surface area contributed by atoms with E-state index in [4.69, 9.17) is 4.42 Å². The van der Waals surface area contributed by atoms with Crippen molar-refractivity contribution < 1.29 is 4.42 Å². The van der Waals surface area contributed by atoms with Crippen LogP contribution >= 0.6 is 0 Å². The van der Waals surface area contributed by atoms with E-state index in [9.17, 15) is 0 Å². The number of hydrogen-bond acceptors (Lipinski definition) is 2. The first-order chi connectivity index (χ1) is 34.2. The summed E-state index contributed by atoms with van der Waals surface area (Å²) in [4.78, 5) is 2.47. The second kappa shape index (κ2) is 14.5. The lowest BCUT2D eigenvalue weighted by Crippen LogP contribution is -2.26. The first-order valence-corrected chi connectivity index (χ1v) is 23.9. The molecule has 2 aliphatic rings. The third kappa shape index (κ3) is 5.37. The summed E-state index contributed by atoms with van der Waals surface area (Å²) in [5, 5.41) is 9.83. The Balaban J connectivity index is 0.925. The van der Waals surface area contributed by atoms with E-state index in [1.807, 2.05) is 6.07 Å². The summed E-state index contributed by atoms with van der Waals surface area (Å²) in [7, 11) is 0. The molecule has 1 spiro atoms. The van der Waals surface area contributed by atoms with Crippen LogP contribution in [0.4, 0.5) is 17.1 Å². The molecule has 15 rings (SSSR count). The molecule has 12 aromatic carbocycles. The molecule has 1 heterocycles. The summed E-state index contributed by atoms with van der Waals surface area (Å²) in [6.45, 7) is 0. The van der Waals surface area contributed by atoms with Gasteiger partial charge in [0.2, 0.25) is 0 Å². The molecule has 1 aromatic heterocycles. The Hall–Kier alpha value is -8.98. The zero-order chi connectivity index (χ0) is 45.2. The van der Waals surface area contributed by atoms with Crippen LogP contribution in [0.25, 0.3) is 98.8 Å². The van der Waals surface area contributed by atoms with Crippen molar-refractivity contribution in [3.63, 3.8) is 0 Å². The quantitative estimate of drug-likeness (QED) is 0.160. The molecular weight excluding hydrogens is 835 g/mol. The molecule has 0 unspecified atom stereocenters. The maximum atomic E-state index is 6.49. The zero-order valence-electron chi connectivity index (χ0n) is 37.5. The fourth-order valence-electron chi connectivity index (χ4n) is 12.3. The van der Waals surface area contributed by atoms with E-state index in [-0.39, 0.29) is 0 Å². The molecule has 0 atom stereocenters. The first kappa shape index (κ1) is 38.2. The molecule has 2 aliphatic carbocycles. The van der Waals surface area contributed by atoms with Gasteiger partial charge in [-0.3, -0.25) is 0 Å². The third-order valence-electron chi connectivity index (χ3n) is 15.3. The van der Waals surface area contributed by atoms with Crippen LogP contribution in [0.15, 0.2) is 253 Å². The van der Waals surface area contributed by atoms with Gasteiger partial charge in [0, 0.05) is 33.4 Å². The standard InChI is InChI=1S/C67H41NO/c1-2-19-51-49(17-1)50-18-3-4-20-52(50)60-40-46(35-37-53(51)60)68(45-33-31-42(32-34-45)43-15-13-16-44(39-43)48-25-14-26-59-58-24-8-12-30-65(58)69-66(48)59)47-36-38-57-56-23-7-11-29-63(56)67(64(57)41-47)61-27-9-5-21-54(61)55-22-6-10-28-62(55)67/h1-41H. The highest BCUT2D eigenvalue weighted by Gasteiger charge is 2.51. The van der Waals surface area contributed by atoms with Crippen LogP contribution in [0.2, 0.25) is 0 Å². The Bertz CT molecular complexity index is 4170. The molecule has 0 amide bonds. The lowest BCUT2D eigenvalue weighted by molar-refractivity contribution is 0.670. The van der Waals surface area contributed by atoms with Gasteiger partial charge in [-0.05, 0) is 142 Å². The van der Waals surface area contributed by atoms with E-state index in [0.717, 1.165) is 61.3 Å². The lowest BCUT2D eigenvalue weighted by Gasteiger charge is -2.32. The number of rotatable bonds is 5. The van der Waals surface area contributed by atoms with Gasteiger partial charge in [-0.15, -0.1) is 0 Å². The molecule has 0 fully saturated rings. The molecule has 0 saturated carbocycles. The van der Waals surface area contributed by atoms with E-state index in [0.29, 0.717) is 0 Å². The van der Waals surface area contributed by atoms with Gasteiger partial charge in [0.05, 0.1) is 5.41 Å². The van der Waals surface area contributed by atoms with Crippen LogP contribution < -0.4 is 4.90 Å². The number of nitrogens with zero attached hydrogens (tertiary/aromatic N) is 1. The lowest BCUT2D eigenvalue weighted by atomic mass is 9.70. The van der Waals surface area contributed by atoms with Crippen LogP contribution in [0.5, 0.6) is 0 Å². The Morgan fingerprint density at radius 2 is 0.725 bits per heavy atom. The Morgan fingerprint density at radius 3 is 1.39 bits per heavy atom. The van der Waals surface area contributed by atoms with Gasteiger partial charge in [-0.25, -0.2) is 0 Å². The predicted octanol–water partition coefficient (Wildman–Crippen LogP) is 18.2. The van der Waals surface area contributed by atoms with Crippen LogP contribution in [-0.4, -0.2) is 0 Å². The first-order valence-electron chi connectivity index (χ1n) is 23.9. The van der Waals surface area contributed by atoms with Crippen molar-refractivity contribution in [3.05, 3.63) is 271 Å². The SMILES string of the molecule is c1cc(-c2ccc(N(c3ccc4c(c3)C3(c5ccccc5-c5ccccc53)c3ccccc3-4)c3ccc4c5ccccc5c5ccccc5c4c3)cc2)cc(-c2cccc3c2oc2ccccc23)c1. The topological polar surface area (TPSA) is 16.4 Å². The molecule has 0 bridgehead atoms. The van der Waals surface area contributed by atoms with Gasteiger partial charge in [0.25, 0.3) is 0 Å². The van der Waals surface area contributed by atoms with Crippen molar-refractivity contribution in [2.45, 2.75) is 5.41 Å². The van der Waals surface area contributed by atoms with Gasteiger partial charge in [-0.1, -0.05) is 200 Å². The van der Waals surface area contributed by atoms with Gasteiger partial charge in [-0.2, -0.15) is 0 Å². The van der Waals surface area contributed by atoms with E-state index in [2.05, 4.69) is 248 Å². The van der Waals surface area contributed by atoms with E-state index >= 15 is 0 Å². The molecule has 13 aromatic rings. The highest BCUT2D eigenvalue weighted by atomic mass is 16.3. The average Bonchev–Trinajstić information content (AvgIpc) is 4.05. The van der Waals surface area contributed by atoms with Crippen LogP contribution in [-0.2, 0) is 5.41 Å². The second-order valence-electron chi connectivity index (χ2n) is 18.7. The number of anilines is 3. The van der Waals surface area contributed by atoms with Crippen LogP contribution in [0.1, 0.15) is 22.3 Å². The van der Waals surface area contributed by atoms with Gasteiger partial charge >= 0.3 is 0 Å². The van der Waals surface area contributed by atoms with Crippen molar-refractivity contribution in [2.75, 3.05) is 4.90 Å². The summed E-state index contributed by atoms with van der Waals surface area (Å²) >= 11 is 0. The summed E-state index contributed by atoms with van der Waals surface area (Å²) in [5.41, 5.74) is 19.7. The number of fused-ring (bicyclic) bond motifs is 19. The van der Waals surface area contributed by atoms with Gasteiger partial charge in [0.15, 0.2) is 0 Å². The van der Waals surface area contributed by atoms with Gasteiger partial charge in [0.1, 0.15) is 11.2 Å². The number of para-hydroxylation sites is 2. The minimum atomic E-state index is -0.457. The Kier molecular flexibility index (Phi) is 8.02. The van der Waals surface area contributed by atoms with Crippen molar-refractivity contribution >= 4 is 71.3 Å². The summed E-state index contributed by atoms with van der Waals surface area (Å²) in [6, 6.07) is 91.9. The minimum Gasteiger partial charge on any atom is -0.455 e. The molecule has 2 nitrogen and oxygen atoms in total. The highest BCUT2D eigenvalue weighted by Crippen LogP contribution is 2.63. The summed E-state index contributed by atoms with van der Waals surface area (Å²) in [5.74, 6) is 0. The van der Waals surface area contributed by atoms with Gasteiger partial charge < -0.3 is 9.32 Å². The van der Waals surface area contributed by atoms with E-state index < -0.39 is 5.41 Å². The third-order valence-corrected chi connectivity index (χ3v) is 15.3. The molecule has 320 valence electrons. The largest absolute Gasteiger partial charge is 0.455 e. The van der Waals surface area contributed by atoms with Crippen molar-refractivity contribution in [1.82, 2.24) is 0 Å². The van der Waals surface area contributed by atoms with Crippen molar-refractivity contribution in [1.29, 1.82) is 0 Å². The fourth-order valence-corrected chi connectivity index (χ4v) is 12.3. The molecule has 2 heteroatoms. The van der Waals surface area contributed by atoms with Crippen molar-refractivity contribution in [2.24, 2.45) is 0 Å². The Labute approximate surface area is 399 Å². The number of furan rings is 1. The van der Waals surface area contributed by atoms with E-state index in [1.165, 1.54) is 76.8 Å².